The quantitative estimate of drug-likeness (QED) is 0.441. The fraction of sp³-hybridized carbons (Fsp3) is 0.333. The number of carbonyl (C=O) groups is 1. The van der Waals surface area contributed by atoms with E-state index in [1.807, 2.05) is 13.8 Å². The molecule has 1 amide bonds. The van der Waals surface area contributed by atoms with E-state index in [2.05, 4.69) is 30.9 Å². The summed E-state index contributed by atoms with van der Waals surface area (Å²) in [6.45, 7) is 7.70. The molecule has 4 aromatic rings. The molecule has 0 radical (unpaired) electrons. The number of hydrogen-bond acceptors (Lipinski definition) is 8. The number of piperazine rings is 1. The number of rotatable bonds is 4. The van der Waals surface area contributed by atoms with Crippen LogP contribution in [0.25, 0.3) is 28.0 Å². The van der Waals surface area contributed by atoms with Gasteiger partial charge in [-0.05, 0) is 45.9 Å². The van der Waals surface area contributed by atoms with Crippen molar-refractivity contribution in [2.45, 2.75) is 45.4 Å². The summed E-state index contributed by atoms with van der Waals surface area (Å²) in [5.74, 6) is 0.216. The molecule has 1 aliphatic rings. The minimum Gasteiger partial charge on any atom is -0.381 e. The van der Waals surface area contributed by atoms with E-state index < -0.39 is 11.4 Å². The minimum atomic E-state index is -1.48. The molecule has 0 aliphatic carbocycles. The average Bonchev–Trinajstić information content (AvgIpc) is 3.29. The lowest BCUT2D eigenvalue weighted by Gasteiger charge is -2.46. The number of fused-ring (bicyclic) bond motifs is 1. The van der Waals surface area contributed by atoms with Gasteiger partial charge in [-0.2, -0.15) is 5.26 Å². The van der Waals surface area contributed by atoms with E-state index in [0.717, 1.165) is 6.20 Å². The summed E-state index contributed by atoms with van der Waals surface area (Å²) in [6, 6.07) is 6.58. The van der Waals surface area contributed by atoms with Gasteiger partial charge in [0.15, 0.2) is 5.65 Å². The summed E-state index contributed by atoms with van der Waals surface area (Å²) in [5.41, 5.74) is 0.325. The molecule has 1 saturated heterocycles. The van der Waals surface area contributed by atoms with E-state index in [-0.39, 0.29) is 18.0 Å². The molecule has 4 aromatic heterocycles. The normalized spacial score (nSPS) is 18.0. The first kappa shape index (κ1) is 25.2. The number of halogens is 1. The fourth-order valence-electron chi connectivity index (χ4n) is 4.91. The lowest BCUT2D eigenvalue weighted by atomic mass is 10.0. The van der Waals surface area contributed by atoms with E-state index in [4.69, 9.17) is 0 Å². The van der Waals surface area contributed by atoms with Gasteiger partial charge in [0.05, 0.1) is 23.2 Å². The molecule has 0 bridgehead atoms. The van der Waals surface area contributed by atoms with E-state index in [1.165, 1.54) is 32.6 Å². The van der Waals surface area contributed by atoms with E-state index >= 15 is 4.39 Å². The predicted molar refractivity (Wildman–Crippen MR) is 139 cm³/mol. The second-order valence-corrected chi connectivity index (χ2v) is 10.0. The molecule has 2 atom stereocenters. The van der Waals surface area contributed by atoms with Crippen LogP contribution in [-0.4, -0.2) is 71.2 Å². The van der Waals surface area contributed by atoms with Crippen molar-refractivity contribution in [3.63, 3.8) is 0 Å². The summed E-state index contributed by atoms with van der Waals surface area (Å²) >= 11 is 0. The Morgan fingerprint density at radius 1 is 1.13 bits per heavy atom. The summed E-state index contributed by atoms with van der Waals surface area (Å²) < 4.78 is 16.8. The molecule has 5 rings (SSSR count). The van der Waals surface area contributed by atoms with Crippen molar-refractivity contribution in [3.8, 4) is 23.0 Å². The molecule has 0 aromatic carbocycles. The Morgan fingerprint density at radius 3 is 2.63 bits per heavy atom. The van der Waals surface area contributed by atoms with Gasteiger partial charge in [-0.3, -0.25) is 14.3 Å². The van der Waals surface area contributed by atoms with Crippen LogP contribution >= 0.6 is 0 Å². The van der Waals surface area contributed by atoms with Gasteiger partial charge in [-0.15, -0.1) is 0 Å². The Morgan fingerprint density at radius 2 is 1.92 bits per heavy atom. The van der Waals surface area contributed by atoms with Crippen LogP contribution in [0.15, 0.2) is 49.3 Å². The maximum atomic E-state index is 15.0. The summed E-state index contributed by atoms with van der Waals surface area (Å²) in [5, 5.41) is 20.3. The number of anilines is 1. The maximum Gasteiger partial charge on any atom is 0.254 e. The highest BCUT2D eigenvalue weighted by atomic mass is 19.1. The summed E-state index contributed by atoms with van der Waals surface area (Å²) in [4.78, 5) is 34.1. The number of aromatic nitrogens is 5. The summed E-state index contributed by atoms with van der Waals surface area (Å²) in [7, 11) is 0. The first-order valence-corrected chi connectivity index (χ1v) is 12.2. The third-order valence-corrected chi connectivity index (χ3v) is 6.79. The highest BCUT2D eigenvalue weighted by Crippen LogP contribution is 2.39. The van der Waals surface area contributed by atoms with E-state index in [1.54, 1.807) is 33.9 Å². The highest BCUT2D eigenvalue weighted by Gasteiger charge is 2.39. The molecular formula is C27H27FN8O2. The van der Waals surface area contributed by atoms with Crippen LogP contribution in [0, 0.1) is 17.1 Å². The zero-order valence-corrected chi connectivity index (χ0v) is 21.5. The van der Waals surface area contributed by atoms with Gasteiger partial charge in [-0.25, -0.2) is 19.3 Å². The maximum absolute atomic E-state index is 15.0. The molecule has 1 N–H and O–H groups in total. The van der Waals surface area contributed by atoms with Gasteiger partial charge in [0.2, 0.25) is 0 Å². The Bertz CT molecular complexity index is 1570. The minimum absolute atomic E-state index is 0.158. The molecule has 1 fully saturated rings. The number of pyridine rings is 2. The third kappa shape index (κ3) is 4.33. The number of aliphatic hydroxyl groups is 1. The second-order valence-electron chi connectivity index (χ2n) is 10.0. The lowest BCUT2D eigenvalue weighted by Crippen LogP contribution is -2.61. The Kier molecular flexibility index (Phi) is 6.28. The molecule has 1 aliphatic heterocycles. The molecule has 194 valence electrons. The van der Waals surface area contributed by atoms with E-state index in [0.29, 0.717) is 52.4 Å². The zero-order chi connectivity index (χ0) is 27.2. The lowest BCUT2D eigenvalue weighted by molar-refractivity contribution is -0.151. The van der Waals surface area contributed by atoms with Crippen molar-refractivity contribution in [1.82, 2.24) is 29.4 Å². The molecule has 0 saturated carbocycles. The van der Waals surface area contributed by atoms with E-state index in [9.17, 15) is 15.2 Å². The molecule has 38 heavy (non-hydrogen) atoms. The zero-order valence-electron chi connectivity index (χ0n) is 21.5. The van der Waals surface area contributed by atoms with Gasteiger partial charge >= 0.3 is 0 Å². The van der Waals surface area contributed by atoms with Crippen molar-refractivity contribution in [2.24, 2.45) is 0 Å². The number of amides is 1. The molecule has 0 unspecified atom stereocenters. The highest BCUT2D eigenvalue weighted by molar-refractivity contribution is 6.02. The van der Waals surface area contributed by atoms with Gasteiger partial charge < -0.3 is 14.9 Å². The molecule has 5 heterocycles. The van der Waals surface area contributed by atoms with Crippen LogP contribution in [0.3, 0.4) is 0 Å². The van der Waals surface area contributed by atoms with Crippen LogP contribution in [0.1, 0.15) is 33.3 Å². The number of nitriles is 1. The monoisotopic (exact) mass is 514 g/mol. The topological polar surface area (TPSA) is 124 Å². The Balaban J connectivity index is 1.69. The second kappa shape index (κ2) is 9.46. The fourth-order valence-corrected chi connectivity index (χ4v) is 4.91. The molecule has 10 nitrogen and oxygen atoms in total. The predicted octanol–water partition coefficient (Wildman–Crippen LogP) is 3.08. The van der Waals surface area contributed by atoms with Crippen molar-refractivity contribution < 1.29 is 14.3 Å². The van der Waals surface area contributed by atoms with Gasteiger partial charge in [0, 0.05) is 54.9 Å². The van der Waals surface area contributed by atoms with Crippen LogP contribution < -0.4 is 4.90 Å². The SMILES string of the molecule is C[C@@H]1CN(c2ncnc3c2c(-c2ccncc2F)cn3-c2cc(C#N)ccn2)[C@@H](C)CN1C(=O)C(C)(C)O. The first-order chi connectivity index (χ1) is 18.1. The van der Waals surface area contributed by atoms with Crippen molar-refractivity contribution in [1.29, 1.82) is 5.26 Å². The molecular weight excluding hydrogens is 487 g/mol. The first-order valence-electron chi connectivity index (χ1n) is 12.2. The van der Waals surface area contributed by atoms with Crippen LogP contribution in [0.2, 0.25) is 0 Å². The Hall–Kier alpha value is -4.43. The largest absolute Gasteiger partial charge is 0.381 e. The third-order valence-electron chi connectivity index (χ3n) is 6.79. The average molecular weight is 515 g/mol. The van der Waals surface area contributed by atoms with Gasteiger partial charge in [-0.1, -0.05) is 0 Å². The Labute approximate surface area is 219 Å². The molecule has 11 heteroatoms. The number of carbonyl (C=O) groups excluding carboxylic acids is 1. The van der Waals surface area contributed by atoms with Gasteiger partial charge in [0.1, 0.15) is 29.4 Å². The standard InChI is InChI=1S/C27H27FN8O2/c1-16-13-35(26(37)27(3,4)38)17(2)12-34(16)24-23-20(19-6-7-30-11-21(19)28)14-36(25(23)33-15-32-24)22-9-18(10-29)5-8-31-22/h5-9,11,14-17,38H,12-13H2,1-4H3/t16-,17+/m0/s1. The van der Waals surface area contributed by atoms with Crippen molar-refractivity contribution in [2.75, 3.05) is 18.0 Å². The van der Waals surface area contributed by atoms with Crippen LogP contribution in [0.4, 0.5) is 10.2 Å². The van der Waals surface area contributed by atoms with Gasteiger partial charge in [0.25, 0.3) is 5.91 Å². The number of nitrogens with zero attached hydrogens (tertiary/aromatic N) is 8. The van der Waals surface area contributed by atoms with Crippen LogP contribution in [-0.2, 0) is 4.79 Å². The van der Waals surface area contributed by atoms with Crippen LogP contribution in [0.5, 0.6) is 0 Å². The molecule has 0 spiro atoms. The van der Waals surface area contributed by atoms with Crippen molar-refractivity contribution in [3.05, 3.63) is 60.7 Å². The van der Waals surface area contributed by atoms with Crippen molar-refractivity contribution >= 4 is 22.8 Å². The smallest absolute Gasteiger partial charge is 0.254 e. The number of hydrogen-bond donors (Lipinski definition) is 1. The summed E-state index contributed by atoms with van der Waals surface area (Å²) in [6.07, 6.45) is 7.40.